The average molecular weight is 376 g/mol. The van der Waals surface area contributed by atoms with Gasteiger partial charge in [0.15, 0.2) is 8.32 Å². The van der Waals surface area contributed by atoms with Crippen LogP contribution in [0.4, 0.5) is 5.69 Å². The first-order chi connectivity index (χ1) is 11.9. The highest BCUT2D eigenvalue weighted by Crippen LogP contribution is 2.41. The predicted octanol–water partition coefficient (Wildman–Crippen LogP) is 3.79. The summed E-state index contributed by atoms with van der Waals surface area (Å²) in [5.74, 6) is -1.29. The van der Waals surface area contributed by atoms with E-state index in [0.717, 1.165) is 6.29 Å². The van der Waals surface area contributed by atoms with E-state index in [4.69, 9.17) is 4.43 Å². The standard InChI is InChI=1S/C20H29NO4Si/c1-19(2,3)26(5,6)25-14-20(4,13-22)16-12-17(23)21(18(16)24)15-10-8-7-9-11-15/h7-11,13,16H,12,14H2,1-6H3/t16-,20-/m1/s1. The van der Waals surface area contributed by atoms with Crippen LogP contribution in [-0.2, 0) is 18.8 Å². The minimum Gasteiger partial charge on any atom is -0.416 e. The van der Waals surface area contributed by atoms with Crippen LogP contribution in [0.25, 0.3) is 0 Å². The number of rotatable bonds is 6. The zero-order valence-electron chi connectivity index (χ0n) is 16.5. The molecule has 1 aliphatic rings. The number of benzene rings is 1. The molecule has 1 aromatic carbocycles. The highest BCUT2D eigenvalue weighted by molar-refractivity contribution is 6.74. The summed E-state index contributed by atoms with van der Waals surface area (Å²) in [6, 6.07) is 8.84. The summed E-state index contributed by atoms with van der Waals surface area (Å²) in [4.78, 5) is 38.5. The van der Waals surface area contributed by atoms with Gasteiger partial charge in [0.1, 0.15) is 6.29 Å². The van der Waals surface area contributed by atoms with E-state index >= 15 is 0 Å². The van der Waals surface area contributed by atoms with E-state index in [1.807, 2.05) is 6.07 Å². The Morgan fingerprint density at radius 1 is 1.15 bits per heavy atom. The van der Waals surface area contributed by atoms with Crippen LogP contribution in [0, 0.1) is 11.3 Å². The molecule has 5 nitrogen and oxygen atoms in total. The maximum atomic E-state index is 12.9. The molecule has 2 atom stereocenters. The van der Waals surface area contributed by atoms with Crippen molar-refractivity contribution in [2.45, 2.75) is 52.2 Å². The first-order valence-corrected chi connectivity index (χ1v) is 11.9. The van der Waals surface area contributed by atoms with Gasteiger partial charge in [0, 0.05) is 13.0 Å². The van der Waals surface area contributed by atoms with Crippen LogP contribution in [0.3, 0.4) is 0 Å². The Hall–Kier alpha value is -1.79. The molecule has 2 amide bonds. The van der Waals surface area contributed by atoms with Crippen LogP contribution < -0.4 is 4.90 Å². The Morgan fingerprint density at radius 3 is 2.23 bits per heavy atom. The Morgan fingerprint density at radius 2 is 1.73 bits per heavy atom. The van der Waals surface area contributed by atoms with E-state index < -0.39 is 19.7 Å². The van der Waals surface area contributed by atoms with Crippen LogP contribution >= 0.6 is 0 Å². The zero-order chi connectivity index (χ0) is 19.8. The van der Waals surface area contributed by atoms with Crippen molar-refractivity contribution in [2.24, 2.45) is 11.3 Å². The normalized spacial score (nSPS) is 21.0. The number of hydrogen-bond donors (Lipinski definition) is 0. The Bertz CT molecular complexity index is 696. The van der Waals surface area contributed by atoms with Crippen molar-refractivity contribution in [3.8, 4) is 0 Å². The fraction of sp³-hybridized carbons (Fsp3) is 0.550. The number of anilines is 1. The van der Waals surface area contributed by atoms with Crippen molar-refractivity contribution < 1.29 is 18.8 Å². The van der Waals surface area contributed by atoms with Crippen LogP contribution in [-0.4, -0.2) is 33.0 Å². The van der Waals surface area contributed by atoms with Gasteiger partial charge in [0.05, 0.1) is 17.0 Å². The molecule has 0 aromatic heterocycles. The molecule has 1 aliphatic heterocycles. The maximum absolute atomic E-state index is 12.9. The molecule has 0 radical (unpaired) electrons. The molecule has 26 heavy (non-hydrogen) atoms. The third-order valence-electron chi connectivity index (χ3n) is 5.78. The van der Waals surface area contributed by atoms with Crippen molar-refractivity contribution in [2.75, 3.05) is 11.5 Å². The molecule has 1 saturated heterocycles. The van der Waals surface area contributed by atoms with Crippen molar-refractivity contribution in [1.82, 2.24) is 0 Å². The number of carbonyl (C=O) groups excluding carboxylic acids is 3. The number of amides is 2. The van der Waals surface area contributed by atoms with Crippen LogP contribution in [0.5, 0.6) is 0 Å². The predicted molar refractivity (Wildman–Crippen MR) is 104 cm³/mol. The average Bonchev–Trinajstić information content (AvgIpc) is 2.87. The smallest absolute Gasteiger partial charge is 0.238 e. The molecule has 0 aliphatic carbocycles. The first kappa shape index (κ1) is 20.5. The van der Waals surface area contributed by atoms with Crippen molar-refractivity contribution >= 4 is 32.1 Å². The van der Waals surface area contributed by atoms with Gasteiger partial charge in [0.25, 0.3) is 0 Å². The molecule has 1 fully saturated rings. The number of imide groups is 1. The molecule has 0 unspecified atom stereocenters. The SMILES string of the molecule is CC(C)(C)[Si](C)(C)OC[C@@](C)(C=O)[C@@H]1CC(=O)N(c2ccccc2)C1=O. The molecule has 0 spiro atoms. The first-order valence-electron chi connectivity index (χ1n) is 8.95. The fourth-order valence-electron chi connectivity index (χ4n) is 2.76. The van der Waals surface area contributed by atoms with Gasteiger partial charge < -0.3 is 9.22 Å². The summed E-state index contributed by atoms with van der Waals surface area (Å²) in [5, 5.41) is 0.00235. The van der Waals surface area contributed by atoms with E-state index in [1.165, 1.54) is 4.90 Å². The van der Waals surface area contributed by atoms with Crippen LogP contribution in [0.1, 0.15) is 34.1 Å². The van der Waals surface area contributed by atoms with Crippen molar-refractivity contribution in [1.29, 1.82) is 0 Å². The highest BCUT2D eigenvalue weighted by Gasteiger charge is 2.50. The molecule has 0 saturated carbocycles. The van der Waals surface area contributed by atoms with Gasteiger partial charge in [-0.1, -0.05) is 39.0 Å². The molecule has 0 bridgehead atoms. The molecule has 2 rings (SSSR count). The van der Waals surface area contributed by atoms with Gasteiger partial charge >= 0.3 is 0 Å². The molecule has 1 aromatic rings. The van der Waals surface area contributed by atoms with Gasteiger partial charge in [0.2, 0.25) is 11.8 Å². The summed E-state index contributed by atoms with van der Waals surface area (Å²) < 4.78 is 6.21. The monoisotopic (exact) mass is 375 g/mol. The Labute approximate surface area is 156 Å². The minimum atomic E-state index is -2.07. The van der Waals surface area contributed by atoms with Crippen molar-refractivity contribution in [3.05, 3.63) is 30.3 Å². The zero-order valence-corrected chi connectivity index (χ0v) is 17.5. The summed E-state index contributed by atoms with van der Waals surface area (Å²) in [6.07, 6.45) is 0.814. The minimum absolute atomic E-state index is 0.00235. The molecule has 0 N–H and O–H groups in total. The number of nitrogens with zero attached hydrogens (tertiary/aromatic N) is 1. The lowest BCUT2D eigenvalue weighted by Crippen LogP contribution is -2.47. The number of carbonyl (C=O) groups is 3. The Kier molecular flexibility index (Phi) is 5.59. The van der Waals surface area contributed by atoms with E-state index in [-0.39, 0.29) is 29.9 Å². The lowest BCUT2D eigenvalue weighted by molar-refractivity contribution is -0.131. The molecule has 6 heteroatoms. The van der Waals surface area contributed by atoms with Crippen molar-refractivity contribution in [3.63, 3.8) is 0 Å². The van der Waals surface area contributed by atoms with Gasteiger partial charge in [-0.15, -0.1) is 0 Å². The third kappa shape index (κ3) is 3.81. The summed E-state index contributed by atoms with van der Waals surface area (Å²) >= 11 is 0. The Balaban J connectivity index is 2.23. The van der Waals surface area contributed by atoms with Gasteiger partial charge in [-0.05, 0) is 37.2 Å². The second kappa shape index (κ2) is 7.08. The number of para-hydroxylation sites is 1. The molecular weight excluding hydrogens is 346 g/mol. The van der Waals surface area contributed by atoms with Gasteiger partial charge in [-0.2, -0.15) is 0 Å². The lowest BCUT2D eigenvalue weighted by atomic mass is 9.78. The fourth-order valence-corrected chi connectivity index (χ4v) is 3.87. The number of hydrogen-bond acceptors (Lipinski definition) is 4. The van der Waals surface area contributed by atoms with E-state index in [0.29, 0.717) is 5.69 Å². The topological polar surface area (TPSA) is 63.7 Å². The van der Waals surface area contributed by atoms with E-state index in [1.54, 1.807) is 31.2 Å². The van der Waals surface area contributed by atoms with Gasteiger partial charge in [-0.25, -0.2) is 0 Å². The largest absolute Gasteiger partial charge is 0.416 e. The summed E-state index contributed by atoms with van der Waals surface area (Å²) in [5.41, 5.74) is -0.477. The summed E-state index contributed by atoms with van der Waals surface area (Å²) in [6.45, 7) is 12.5. The van der Waals surface area contributed by atoms with Gasteiger partial charge in [-0.3, -0.25) is 14.5 Å². The third-order valence-corrected chi connectivity index (χ3v) is 10.3. The highest BCUT2D eigenvalue weighted by atomic mass is 28.4. The molecular formula is C20H29NO4Si. The number of aldehydes is 1. The molecule has 1 heterocycles. The molecule has 142 valence electrons. The van der Waals surface area contributed by atoms with Crippen LogP contribution in [0.2, 0.25) is 18.1 Å². The van der Waals surface area contributed by atoms with Crippen LogP contribution in [0.15, 0.2) is 30.3 Å². The maximum Gasteiger partial charge on any atom is 0.238 e. The lowest BCUT2D eigenvalue weighted by Gasteiger charge is -2.39. The summed E-state index contributed by atoms with van der Waals surface area (Å²) in [7, 11) is -2.07. The quantitative estimate of drug-likeness (QED) is 0.431. The second-order valence-corrected chi connectivity index (χ2v) is 13.6. The van der Waals surface area contributed by atoms with E-state index in [2.05, 4.69) is 33.9 Å². The van der Waals surface area contributed by atoms with E-state index in [9.17, 15) is 14.4 Å². The second-order valence-electron chi connectivity index (χ2n) is 8.83.